The molecule has 0 unspecified atom stereocenters. The highest BCUT2D eigenvalue weighted by Crippen LogP contribution is 2.35. The smallest absolute Gasteiger partial charge is 0.244 e. The third kappa shape index (κ3) is 4.18. The first-order valence-electron chi connectivity index (χ1n) is 10.8. The largest absolute Gasteiger partial charge is 0.341 e. The summed E-state index contributed by atoms with van der Waals surface area (Å²) >= 11 is 7.85. The van der Waals surface area contributed by atoms with Crippen molar-refractivity contribution in [2.45, 2.75) is 30.2 Å². The number of carbonyl (C=O) groups excluding carboxylic acids is 2. The lowest BCUT2D eigenvalue weighted by atomic mass is 10.2. The fraction of sp³-hybridized carbons (Fsp3) is 0.304. The molecular weight excluding hydrogens is 460 g/mol. The summed E-state index contributed by atoms with van der Waals surface area (Å²) in [6.45, 7) is 3.61. The Bertz CT molecular complexity index is 1210. The third-order valence-corrected chi connectivity index (χ3v) is 7.12. The molecule has 170 valence electrons. The number of nitrogens with one attached hydrogen (secondary N) is 1. The van der Waals surface area contributed by atoms with E-state index in [-0.39, 0.29) is 18.4 Å². The normalized spacial score (nSPS) is 16.5. The monoisotopic (exact) mass is 482 g/mol. The molecule has 2 aromatic carbocycles. The predicted octanol–water partition coefficient (Wildman–Crippen LogP) is 3.99. The summed E-state index contributed by atoms with van der Waals surface area (Å²) in [5, 5.41) is 12.4. The van der Waals surface area contributed by atoms with E-state index in [2.05, 4.69) is 20.4 Å². The lowest BCUT2D eigenvalue weighted by Gasteiger charge is -2.30. The van der Waals surface area contributed by atoms with E-state index < -0.39 is 5.25 Å². The number of para-hydroxylation sites is 3. The number of fused-ring (bicyclic) bond motifs is 1. The SMILES string of the molecule is C[C@H](Sc1nnc(N2CCCC2)n1-c1ccccc1Cl)C(=O)N1CC(=O)Nc2ccccc21. The standard InChI is InChI=1S/C23H23ClN6O2S/c1-15(21(32)29-14-20(31)25-17-9-3-5-11-19(17)29)33-23-27-26-22(28-12-6-7-13-28)30(23)18-10-4-2-8-16(18)24/h2-5,8-11,15H,6-7,12-14H2,1H3,(H,25,31)/t15-/m0/s1. The maximum absolute atomic E-state index is 13.4. The number of benzene rings is 2. The van der Waals surface area contributed by atoms with Gasteiger partial charge in [-0.1, -0.05) is 47.6 Å². The van der Waals surface area contributed by atoms with E-state index in [0.29, 0.717) is 21.6 Å². The number of amides is 2. The van der Waals surface area contributed by atoms with Gasteiger partial charge in [0.05, 0.1) is 27.3 Å². The van der Waals surface area contributed by atoms with Crippen LogP contribution in [0, 0.1) is 0 Å². The summed E-state index contributed by atoms with van der Waals surface area (Å²) in [5.41, 5.74) is 2.10. The molecule has 8 nitrogen and oxygen atoms in total. The maximum atomic E-state index is 13.4. The lowest BCUT2D eigenvalue weighted by molar-refractivity contribution is -0.121. The Kier molecular flexibility index (Phi) is 5.99. The van der Waals surface area contributed by atoms with Crippen LogP contribution < -0.4 is 15.1 Å². The molecule has 5 rings (SSSR count). The van der Waals surface area contributed by atoms with Crippen LogP contribution in [-0.4, -0.2) is 51.5 Å². The Morgan fingerprint density at radius 1 is 1.06 bits per heavy atom. The summed E-state index contributed by atoms with van der Waals surface area (Å²) in [6, 6.07) is 14.9. The number of hydrogen-bond donors (Lipinski definition) is 1. The second kappa shape index (κ2) is 9.07. The summed E-state index contributed by atoms with van der Waals surface area (Å²) < 4.78 is 1.93. The van der Waals surface area contributed by atoms with Gasteiger partial charge in [-0.25, -0.2) is 0 Å². The van der Waals surface area contributed by atoms with Crippen LogP contribution in [0.3, 0.4) is 0 Å². The maximum Gasteiger partial charge on any atom is 0.244 e. The van der Waals surface area contributed by atoms with Crippen LogP contribution in [0.25, 0.3) is 5.69 Å². The second-order valence-corrected chi connectivity index (χ2v) is 9.73. The van der Waals surface area contributed by atoms with Crippen molar-refractivity contribution in [3.63, 3.8) is 0 Å². The number of halogens is 1. The molecule has 1 saturated heterocycles. The van der Waals surface area contributed by atoms with Crippen molar-refractivity contribution >= 4 is 52.5 Å². The van der Waals surface area contributed by atoms with E-state index in [1.807, 2.05) is 54.0 Å². The molecule has 1 N–H and O–H groups in total. The van der Waals surface area contributed by atoms with Crippen LogP contribution in [-0.2, 0) is 9.59 Å². The number of aromatic nitrogens is 3. The van der Waals surface area contributed by atoms with Crippen molar-refractivity contribution in [1.29, 1.82) is 0 Å². The van der Waals surface area contributed by atoms with Crippen molar-refractivity contribution in [1.82, 2.24) is 14.8 Å². The molecule has 0 saturated carbocycles. The fourth-order valence-corrected chi connectivity index (χ4v) is 5.30. The molecule has 2 amide bonds. The summed E-state index contributed by atoms with van der Waals surface area (Å²) in [5.74, 6) is 0.346. The van der Waals surface area contributed by atoms with Gasteiger partial charge in [-0.05, 0) is 44.0 Å². The molecule has 3 aromatic rings. The van der Waals surface area contributed by atoms with Crippen molar-refractivity contribution in [2.24, 2.45) is 0 Å². The van der Waals surface area contributed by atoms with Gasteiger partial charge >= 0.3 is 0 Å². The van der Waals surface area contributed by atoms with E-state index in [1.165, 1.54) is 16.7 Å². The van der Waals surface area contributed by atoms with Gasteiger partial charge in [0.2, 0.25) is 17.8 Å². The Morgan fingerprint density at radius 3 is 2.52 bits per heavy atom. The van der Waals surface area contributed by atoms with Gasteiger partial charge in [-0.2, -0.15) is 0 Å². The van der Waals surface area contributed by atoms with Crippen LogP contribution in [0.1, 0.15) is 19.8 Å². The zero-order valence-corrected chi connectivity index (χ0v) is 19.6. The number of anilines is 3. The molecule has 2 aliphatic heterocycles. The van der Waals surface area contributed by atoms with E-state index in [9.17, 15) is 9.59 Å². The zero-order valence-electron chi connectivity index (χ0n) is 18.1. The molecular formula is C23H23ClN6O2S. The van der Waals surface area contributed by atoms with Crippen molar-refractivity contribution < 1.29 is 9.59 Å². The first kappa shape index (κ1) is 21.8. The number of rotatable bonds is 5. The average Bonchev–Trinajstić information content (AvgIpc) is 3.48. The van der Waals surface area contributed by atoms with Gasteiger partial charge in [0.25, 0.3) is 0 Å². The molecule has 10 heteroatoms. The molecule has 0 bridgehead atoms. The zero-order chi connectivity index (χ0) is 22.9. The quantitative estimate of drug-likeness (QED) is 0.554. The average molecular weight is 483 g/mol. The Morgan fingerprint density at radius 2 is 1.76 bits per heavy atom. The highest BCUT2D eigenvalue weighted by Gasteiger charge is 2.32. The molecule has 1 fully saturated rings. The van der Waals surface area contributed by atoms with Gasteiger partial charge < -0.3 is 10.2 Å². The highest BCUT2D eigenvalue weighted by atomic mass is 35.5. The summed E-state index contributed by atoms with van der Waals surface area (Å²) in [4.78, 5) is 29.3. The van der Waals surface area contributed by atoms with Crippen molar-refractivity contribution in [2.75, 3.05) is 34.8 Å². The number of nitrogens with zero attached hydrogens (tertiary/aromatic N) is 5. The van der Waals surface area contributed by atoms with Gasteiger partial charge in [0.15, 0.2) is 5.16 Å². The molecule has 1 aromatic heterocycles. The molecule has 3 heterocycles. The van der Waals surface area contributed by atoms with Crippen molar-refractivity contribution in [3.8, 4) is 5.69 Å². The van der Waals surface area contributed by atoms with Crippen LogP contribution in [0.2, 0.25) is 5.02 Å². The van der Waals surface area contributed by atoms with Crippen LogP contribution in [0.4, 0.5) is 17.3 Å². The van der Waals surface area contributed by atoms with Gasteiger partial charge in [-0.3, -0.25) is 19.1 Å². The molecule has 1 atom stereocenters. The first-order valence-corrected chi connectivity index (χ1v) is 12.1. The first-order chi connectivity index (χ1) is 16.0. The minimum absolute atomic E-state index is 0.0169. The van der Waals surface area contributed by atoms with E-state index in [0.717, 1.165) is 37.6 Å². The fourth-order valence-electron chi connectivity index (χ4n) is 4.16. The lowest BCUT2D eigenvalue weighted by Crippen LogP contribution is -2.45. The van der Waals surface area contributed by atoms with Gasteiger partial charge in [-0.15, -0.1) is 10.2 Å². The van der Waals surface area contributed by atoms with Gasteiger partial charge in [0.1, 0.15) is 6.54 Å². The number of thioether (sulfide) groups is 1. The molecule has 0 radical (unpaired) electrons. The van der Waals surface area contributed by atoms with Crippen molar-refractivity contribution in [3.05, 3.63) is 53.6 Å². The van der Waals surface area contributed by atoms with Crippen LogP contribution in [0.15, 0.2) is 53.7 Å². The predicted molar refractivity (Wildman–Crippen MR) is 131 cm³/mol. The second-order valence-electron chi connectivity index (χ2n) is 8.01. The topological polar surface area (TPSA) is 83.4 Å². The van der Waals surface area contributed by atoms with E-state index in [4.69, 9.17) is 11.6 Å². The number of hydrogen-bond acceptors (Lipinski definition) is 6. The molecule has 0 spiro atoms. The van der Waals surface area contributed by atoms with E-state index >= 15 is 0 Å². The Labute approximate surface area is 200 Å². The summed E-state index contributed by atoms with van der Waals surface area (Å²) in [7, 11) is 0. The minimum Gasteiger partial charge on any atom is -0.341 e. The molecule has 2 aliphatic rings. The number of carbonyl (C=O) groups is 2. The highest BCUT2D eigenvalue weighted by molar-refractivity contribution is 8.00. The molecule has 0 aliphatic carbocycles. The third-order valence-electron chi connectivity index (χ3n) is 5.77. The Hall–Kier alpha value is -3.04. The minimum atomic E-state index is -0.499. The van der Waals surface area contributed by atoms with Crippen LogP contribution >= 0.6 is 23.4 Å². The molecule has 33 heavy (non-hydrogen) atoms. The van der Waals surface area contributed by atoms with Crippen LogP contribution in [0.5, 0.6) is 0 Å². The Balaban J connectivity index is 1.47. The summed E-state index contributed by atoms with van der Waals surface area (Å²) in [6.07, 6.45) is 2.20. The van der Waals surface area contributed by atoms with E-state index in [1.54, 1.807) is 6.07 Å². The van der Waals surface area contributed by atoms with Gasteiger partial charge in [0, 0.05) is 13.1 Å².